The highest BCUT2D eigenvalue weighted by Crippen LogP contribution is 2.38. The molecular formula is C15H19F3O2. The van der Waals surface area contributed by atoms with Crippen molar-refractivity contribution in [3.8, 4) is 0 Å². The SMILES string of the molecule is CC(C)COC(=O)C(c1ccccc1)C(C)C(F)(F)F. The number of carbonyl (C=O) groups is 1. The molecule has 0 spiro atoms. The molecule has 2 unspecified atom stereocenters. The maximum absolute atomic E-state index is 12.9. The Kier molecular flexibility index (Phi) is 5.60. The van der Waals surface area contributed by atoms with Crippen LogP contribution in [0, 0.1) is 11.8 Å². The van der Waals surface area contributed by atoms with Crippen LogP contribution in [0.4, 0.5) is 13.2 Å². The molecule has 0 aliphatic carbocycles. The molecule has 1 aromatic rings. The minimum atomic E-state index is -4.45. The highest BCUT2D eigenvalue weighted by Gasteiger charge is 2.45. The number of alkyl halides is 3. The van der Waals surface area contributed by atoms with Crippen LogP contribution in [0.15, 0.2) is 30.3 Å². The van der Waals surface area contributed by atoms with Gasteiger partial charge in [-0.15, -0.1) is 0 Å². The van der Waals surface area contributed by atoms with Crippen molar-refractivity contribution in [2.45, 2.75) is 32.9 Å². The van der Waals surface area contributed by atoms with E-state index in [4.69, 9.17) is 4.74 Å². The second-order valence-corrected chi connectivity index (χ2v) is 5.24. The molecule has 2 nitrogen and oxygen atoms in total. The van der Waals surface area contributed by atoms with Crippen molar-refractivity contribution in [2.75, 3.05) is 6.61 Å². The number of hydrogen-bond donors (Lipinski definition) is 0. The fourth-order valence-corrected chi connectivity index (χ4v) is 1.82. The molecule has 1 aromatic carbocycles. The Hall–Kier alpha value is -1.52. The van der Waals surface area contributed by atoms with Crippen LogP contribution >= 0.6 is 0 Å². The topological polar surface area (TPSA) is 26.3 Å². The Morgan fingerprint density at radius 3 is 2.15 bits per heavy atom. The van der Waals surface area contributed by atoms with Gasteiger partial charge in [-0.25, -0.2) is 0 Å². The van der Waals surface area contributed by atoms with E-state index in [0.29, 0.717) is 5.56 Å². The zero-order valence-electron chi connectivity index (χ0n) is 11.8. The largest absolute Gasteiger partial charge is 0.465 e. The maximum atomic E-state index is 12.9. The van der Waals surface area contributed by atoms with Crippen LogP contribution in [0.3, 0.4) is 0 Å². The van der Waals surface area contributed by atoms with Crippen LogP contribution in [0.5, 0.6) is 0 Å². The third-order valence-electron chi connectivity index (χ3n) is 2.99. The molecule has 0 aliphatic rings. The molecule has 0 bridgehead atoms. The number of ether oxygens (including phenoxy) is 1. The van der Waals surface area contributed by atoms with Gasteiger partial charge < -0.3 is 4.74 Å². The summed E-state index contributed by atoms with van der Waals surface area (Å²) in [6, 6.07) is 7.95. The Labute approximate surface area is 116 Å². The van der Waals surface area contributed by atoms with E-state index in [2.05, 4.69) is 0 Å². The molecule has 2 atom stereocenters. The van der Waals surface area contributed by atoms with E-state index in [-0.39, 0.29) is 12.5 Å². The minimum Gasteiger partial charge on any atom is -0.465 e. The van der Waals surface area contributed by atoms with E-state index in [1.54, 1.807) is 18.2 Å². The van der Waals surface area contributed by atoms with Crippen molar-refractivity contribution in [3.63, 3.8) is 0 Å². The summed E-state index contributed by atoms with van der Waals surface area (Å²) in [6.45, 7) is 4.79. The highest BCUT2D eigenvalue weighted by molar-refractivity contribution is 5.78. The summed E-state index contributed by atoms with van der Waals surface area (Å²) in [6.07, 6.45) is -4.45. The van der Waals surface area contributed by atoms with Crippen LogP contribution in [-0.4, -0.2) is 18.8 Å². The Morgan fingerprint density at radius 2 is 1.70 bits per heavy atom. The third kappa shape index (κ3) is 4.54. The average molecular weight is 288 g/mol. The second kappa shape index (κ2) is 6.77. The van der Waals surface area contributed by atoms with Crippen molar-refractivity contribution in [3.05, 3.63) is 35.9 Å². The number of hydrogen-bond acceptors (Lipinski definition) is 2. The zero-order valence-corrected chi connectivity index (χ0v) is 11.8. The summed E-state index contributed by atoms with van der Waals surface area (Å²) in [4.78, 5) is 12.0. The Balaban J connectivity index is 2.99. The van der Waals surface area contributed by atoms with Gasteiger partial charge in [0.05, 0.1) is 18.4 Å². The molecule has 112 valence electrons. The predicted molar refractivity (Wildman–Crippen MR) is 70.2 cm³/mol. The first-order valence-corrected chi connectivity index (χ1v) is 6.51. The molecule has 1 rings (SSSR count). The van der Waals surface area contributed by atoms with Crippen LogP contribution < -0.4 is 0 Å². The van der Waals surface area contributed by atoms with Gasteiger partial charge in [0, 0.05) is 0 Å². The molecule has 5 heteroatoms. The lowest BCUT2D eigenvalue weighted by molar-refractivity contribution is -0.186. The quantitative estimate of drug-likeness (QED) is 0.760. The lowest BCUT2D eigenvalue weighted by atomic mass is 9.87. The summed E-state index contributed by atoms with van der Waals surface area (Å²) < 4.78 is 43.8. The monoisotopic (exact) mass is 288 g/mol. The van der Waals surface area contributed by atoms with Crippen molar-refractivity contribution >= 4 is 5.97 Å². The van der Waals surface area contributed by atoms with Crippen LogP contribution in [0.1, 0.15) is 32.3 Å². The first kappa shape index (κ1) is 16.5. The zero-order chi connectivity index (χ0) is 15.3. The molecule has 0 heterocycles. The van der Waals surface area contributed by atoms with Gasteiger partial charge >= 0.3 is 12.1 Å². The molecule has 0 saturated carbocycles. The molecule has 0 aliphatic heterocycles. The maximum Gasteiger partial charge on any atom is 0.392 e. The van der Waals surface area contributed by atoms with E-state index < -0.39 is 24.0 Å². The number of esters is 1. The van der Waals surface area contributed by atoms with Crippen molar-refractivity contribution in [2.24, 2.45) is 11.8 Å². The summed E-state index contributed by atoms with van der Waals surface area (Å²) in [5, 5.41) is 0. The van der Waals surface area contributed by atoms with Crippen LogP contribution in [0.2, 0.25) is 0 Å². The van der Waals surface area contributed by atoms with Crippen LogP contribution in [-0.2, 0) is 9.53 Å². The van der Waals surface area contributed by atoms with Gasteiger partial charge in [0.1, 0.15) is 0 Å². The lowest BCUT2D eigenvalue weighted by Gasteiger charge is -2.25. The fourth-order valence-electron chi connectivity index (χ4n) is 1.82. The number of halogens is 3. The molecule has 0 aromatic heterocycles. The lowest BCUT2D eigenvalue weighted by Crippen LogP contribution is -2.32. The first-order valence-electron chi connectivity index (χ1n) is 6.51. The standard InChI is InChI=1S/C15H19F3O2/c1-10(2)9-20-14(19)13(11(3)15(16,17)18)12-7-5-4-6-8-12/h4-8,10-11,13H,9H2,1-3H3. The smallest absolute Gasteiger partial charge is 0.392 e. The molecule has 0 N–H and O–H groups in total. The fraction of sp³-hybridized carbons (Fsp3) is 0.533. The van der Waals surface area contributed by atoms with Crippen molar-refractivity contribution in [1.82, 2.24) is 0 Å². The molecule has 0 radical (unpaired) electrons. The van der Waals surface area contributed by atoms with E-state index in [0.717, 1.165) is 6.92 Å². The second-order valence-electron chi connectivity index (χ2n) is 5.24. The number of carbonyl (C=O) groups excluding carboxylic acids is 1. The summed E-state index contributed by atoms with van der Waals surface area (Å²) in [7, 11) is 0. The highest BCUT2D eigenvalue weighted by atomic mass is 19.4. The Bertz CT molecular complexity index is 426. The summed E-state index contributed by atoms with van der Waals surface area (Å²) >= 11 is 0. The molecule has 20 heavy (non-hydrogen) atoms. The Morgan fingerprint density at radius 1 is 1.15 bits per heavy atom. The minimum absolute atomic E-state index is 0.0802. The van der Waals surface area contributed by atoms with E-state index in [1.165, 1.54) is 12.1 Å². The first-order chi connectivity index (χ1) is 9.23. The molecule has 0 fully saturated rings. The number of benzene rings is 1. The molecule has 0 amide bonds. The molecule has 0 saturated heterocycles. The van der Waals surface area contributed by atoms with Gasteiger partial charge in [-0.05, 0) is 11.5 Å². The van der Waals surface area contributed by atoms with E-state index in [1.807, 2.05) is 13.8 Å². The van der Waals surface area contributed by atoms with E-state index in [9.17, 15) is 18.0 Å². The van der Waals surface area contributed by atoms with Gasteiger partial charge in [-0.1, -0.05) is 51.1 Å². The average Bonchev–Trinajstić information content (AvgIpc) is 2.36. The number of rotatable bonds is 5. The van der Waals surface area contributed by atoms with Crippen LogP contribution in [0.25, 0.3) is 0 Å². The predicted octanol–water partition coefficient (Wildman–Crippen LogP) is 4.17. The molecular weight excluding hydrogens is 269 g/mol. The van der Waals surface area contributed by atoms with E-state index >= 15 is 0 Å². The van der Waals surface area contributed by atoms with Gasteiger partial charge in [0.25, 0.3) is 0 Å². The third-order valence-corrected chi connectivity index (χ3v) is 2.99. The normalized spacial score (nSPS) is 14.9. The van der Waals surface area contributed by atoms with Gasteiger partial charge in [-0.3, -0.25) is 4.79 Å². The van der Waals surface area contributed by atoms with Crippen molar-refractivity contribution < 1.29 is 22.7 Å². The summed E-state index contributed by atoms with van der Waals surface area (Å²) in [5.74, 6) is -3.86. The van der Waals surface area contributed by atoms with Gasteiger partial charge in [0.2, 0.25) is 0 Å². The van der Waals surface area contributed by atoms with Gasteiger partial charge in [-0.2, -0.15) is 13.2 Å². The summed E-state index contributed by atoms with van der Waals surface area (Å²) in [5.41, 5.74) is 0.325. The van der Waals surface area contributed by atoms with Gasteiger partial charge in [0.15, 0.2) is 0 Å². The van der Waals surface area contributed by atoms with Crippen molar-refractivity contribution in [1.29, 1.82) is 0 Å².